The third-order valence-corrected chi connectivity index (χ3v) is 7.58. The van der Waals surface area contributed by atoms with Crippen LogP contribution in [0.2, 0.25) is 0 Å². The Labute approximate surface area is 217 Å². The summed E-state index contributed by atoms with van der Waals surface area (Å²) in [6, 6.07) is 14.5. The number of amides is 1. The first kappa shape index (κ1) is 25.0. The van der Waals surface area contributed by atoms with E-state index in [0.717, 1.165) is 69.8 Å². The molecular formula is C28H34N6O3. The van der Waals surface area contributed by atoms with Gasteiger partial charge in [-0.25, -0.2) is 0 Å². The Bertz CT molecular complexity index is 1260. The number of hydrogen-bond donors (Lipinski definition) is 0. The van der Waals surface area contributed by atoms with Gasteiger partial charge in [-0.1, -0.05) is 17.7 Å². The number of benzene rings is 2. The van der Waals surface area contributed by atoms with E-state index in [0.29, 0.717) is 12.1 Å². The lowest BCUT2D eigenvalue weighted by Crippen LogP contribution is -2.49. The minimum atomic E-state index is -0.447. The van der Waals surface area contributed by atoms with Gasteiger partial charge in [0.15, 0.2) is 5.82 Å². The number of non-ortho nitro benzene ring substituents is 1. The van der Waals surface area contributed by atoms with E-state index < -0.39 is 4.92 Å². The standard InChI is InChI=1S/C28H34N6O3/c1-21-7-11-23(12-8-21)32-18-15-31(16-19-32)17-20-33(27-25-5-3-4-6-26(25)30(2)29-27)28(35)22-9-13-24(14-10-22)34(36)37/h7-14H,3-6,15-20H2,1-2H3. The van der Waals surface area contributed by atoms with Crippen molar-refractivity contribution in [2.24, 2.45) is 7.05 Å². The lowest BCUT2D eigenvalue weighted by molar-refractivity contribution is -0.384. The number of anilines is 2. The maximum absolute atomic E-state index is 13.7. The van der Waals surface area contributed by atoms with Gasteiger partial charge in [0, 0.05) is 81.0 Å². The summed E-state index contributed by atoms with van der Waals surface area (Å²) in [5, 5.41) is 15.9. The topological polar surface area (TPSA) is 87.8 Å². The molecule has 0 radical (unpaired) electrons. The predicted octanol–water partition coefficient (Wildman–Crippen LogP) is 3.98. The molecule has 0 N–H and O–H groups in total. The molecule has 0 saturated carbocycles. The first-order valence-corrected chi connectivity index (χ1v) is 13.1. The average Bonchev–Trinajstić information content (AvgIpc) is 3.26. The van der Waals surface area contributed by atoms with Crippen molar-refractivity contribution < 1.29 is 9.72 Å². The summed E-state index contributed by atoms with van der Waals surface area (Å²) in [5.74, 6) is 0.568. The third-order valence-electron chi connectivity index (χ3n) is 7.58. The van der Waals surface area contributed by atoms with Crippen LogP contribution >= 0.6 is 0 Å². The molecule has 194 valence electrons. The lowest BCUT2D eigenvalue weighted by Gasteiger charge is -2.37. The fraction of sp³-hybridized carbons (Fsp3) is 0.429. The highest BCUT2D eigenvalue weighted by Crippen LogP contribution is 2.31. The summed E-state index contributed by atoms with van der Waals surface area (Å²) >= 11 is 0. The van der Waals surface area contributed by atoms with Gasteiger partial charge in [0.1, 0.15) is 0 Å². The number of fused-ring (bicyclic) bond motifs is 1. The van der Waals surface area contributed by atoms with E-state index in [1.807, 2.05) is 11.7 Å². The number of carbonyl (C=O) groups is 1. The Kier molecular flexibility index (Phi) is 7.23. The molecule has 1 aliphatic carbocycles. The Balaban J connectivity index is 1.32. The Hall–Kier alpha value is -3.72. The number of nitrogens with zero attached hydrogens (tertiary/aromatic N) is 6. The first-order valence-electron chi connectivity index (χ1n) is 13.1. The van der Waals surface area contributed by atoms with Crippen molar-refractivity contribution in [2.75, 3.05) is 49.1 Å². The third kappa shape index (κ3) is 5.36. The van der Waals surface area contributed by atoms with Crippen molar-refractivity contribution in [3.8, 4) is 0 Å². The van der Waals surface area contributed by atoms with Crippen LogP contribution in [0.4, 0.5) is 17.2 Å². The summed E-state index contributed by atoms with van der Waals surface area (Å²) in [4.78, 5) is 31.0. The highest BCUT2D eigenvalue weighted by atomic mass is 16.6. The zero-order chi connectivity index (χ0) is 25.9. The lowest BCUT2D eigenvalue weighted by atomic mass is 9.97. The minimum absolute atomic E-state index is 0.0234. The fourth-order valence-electron chi connectivity index (χ4n) is 5.38. The SMILES string of the molecule is Cc1ccc(N2CCN(CCN(C(=O)c3ccc([N+](=O)[O-])cc3)c3nn(C)c4c3CCCC4)CC2)cc1. The van der Waals surface area contributed by atoms with Crippen molar-refractivity contribution in [3.05, 3.63) is 81.0 Å². The molecule has 1 aliphatic heterocycles. The summed E-state index contributed by atoms with van der Waals surface area (Å²) in [5.41, 5.74) is 5.29. The van der Waals surface area contributed by atoms with Crippen LogP contribution in [0.15, 0.2) is 48.5 Å². The zero-order valence-corrected chi connectivity index (χ0v) is 21.6. The van der Waals surface area contributed by atoms with E-state index in [1.165, 1.54) is 29.1 Å². The number of rotatable bonds is 7. The van der Waals surface area contributed by atoms with Gasteiger partial charge in [-0.15, -0.1) is 0 Å². The van der Waals surface area contributed by atoms with E-state index in [9.17, 15) is 14.9 Å². The van der Waals surface area contributed by atoms with Crippen LogP contribution in [0, 0.1) is 17.0 Å². The van der Waals surface area contributed by atoms with Crippen LogP contribution in [0.25, 0.3) is 0 Å². The zero-order valence-electron chi connectivity index (χ0n) is 21.6. The highest BCUT2D eigenvalue weighted by Gasteiger charge is 2.29. The number of aryl methyl sites for hydroxylation is 2. The van der Waals surface area contributed by atoms with Gasteiger partial charge < -0.3 is 4.90 Å². The summed E-state index contributed by atoms with van der Waals surface area (Å²) in [6.07, 6.45) is 4.11. The highest BCUT2D eigenvalue weighted by molar-refractivity contribution is 6.06. The van der Waals surface area contributed by atoms with Crippen LogP contribution in [0.5, 0.6) is 0 Å². The Morgan fingerprint density at radius 2 is 1.68 bits per heavy atom. The molecule has 5 rings (SSSR count). The molecule has 1 fully saturated rings. The van der Waals surface area contributed by atoms with Crippen molar-refractivity contribution in [3.63, 3.8) is 0 Å². The van der Waals surface area contributed by atoms with Crippen LogP contribution < -0.4 is 9.80 Å². The molecule has 2 aliphatic rings. The maximum atomic E-state index is 13.7. The number of aromatic nitrogens is 2. The van der Waals surface area contributed by atoms with Gasteiger partial charge in [-0.2, -0.15) is 5.10 Å². The Morgan fingerprint density at radius 1 is 1.00 bits per heavy atom. The van der Waals surface area contributed by atoms with E-state index in [4.69, 9.17) is 5.10 Å². The second-order valence-corrected chi connectivity index (χ2v) is 10.0. The average molecular weight is 503 g/mol. The predicted molar refractivity (Wildman–Crippen MR) is 144 cm³/mol. The summed E-state index contributed by atoms with van der Waals surface area (Å²) in [6.45, 7) is 7.10. The van der Waals surface area contributed by atoms with E-state index in [2.05, 4.69) is 41.0 Å². The van der Waals surface area contributed by atoms with Crippen LogP contribution in [-0.2, 0) is 19.9 Å². The molecule has 9 heteroatoms. The quantitative estimate of drug-likeness (QED) is 0.359. The molecule has 2 aromatic carbocycles. The fourth-order valence-corrected chi connectivity index (χ4v) is 5.38. The van der Waals surface area contributed by atoms with Gasteiger partial charge in [-0.05, 0) is 56.9 Å². The van der Waals surface area contributed by atoms with E-state index in [1.54, 1.807) is 17.0 Å². The maximum Gasteiger partial charge on any atom is 0.269 e. The van der Waals surface area contributed by atoms with E-state index >= 15 is 0 Å². The number of nitro groups is 1. The number of nitro benzene ring substituents is 1. The number of carbonyl (C=O) groups excluding carboxylic acids is 1. The molecule has 1 aromatic heterocycles. The molecule has 0 bridgehead atoms. The largest absolute Gasteiger partial charge is 0.369 e. The van der Waals surface area contributed by atoms with Gasteiger partial charge in [0.2, 0.25) is 0 Å². The molecule has 0 unspecified atom stereocenters. The second kappa shape index (κ2) is 10.7. The molecule has 1 saturated heterocycles. The summed E-state index contributed by atoms with van der Waals surface area (Å²) < 4.78 is 1.92. The van der Waals surface area contributed by atoms with Gasteiger partial charge >= 0.3 is 0 Å². The minimum Gasteiger partial charge on any atom is -0.369 e. The Morgan fingerprint density at radius 3 is 2.35 bits per heavy atom. The monoisotopic (exact) mass is 502 g/mol. The molecule has 0 spiro atoms. The normalized spacial score (nSPS) is 15.9. The smallest absolute Gasteiger partial charge is 0.269 e. The van der Waals surface area contributed by atoms with Crippen molar-refractivity contribution in [1.29, 1.82) is 0 Å². The molecule has 1 amide bonds. The number of hydrogen-bond acceptors (Lipinski definition) is 6. The van der Waals surface area contributed by atoms with Crippen molar-refractivity contribution in [2.45, 2.75) is 32.6 Å². The van der Waals surface area contributed by atoms with Crippen LogP contribution in [0.3, 0.4) is 0 Å². The molecule has 2 heterocycles. The number of piperazine rings is 1. The van der Waals surface area contributed by atoms with Gasteiger partial charge in [0.25, 0.3) is 11.6 Å². The van der Waals surface area contributed by atoms with E-state index in [-0.39, 0.29) is 11.6 Å². The van der Waals surface area contributed by atoms with Crippen LogP contribution in [-0.4, -0.2) is 64.8 Å². The molecular weight excluding hydrogens is 468 g/mol. The van der Waals surface area contributed by atoms with Gasteiger partial charge in [0.05, 0.1) is 4.92 Å². The van der Waals surface area contributed by atoms with Crippen molar-refractivity contribution in [1.82, 2.24) is 14.7 Å². The second-order valence-electron chi connectivity index (χ2n) is 10.0. The van der Waals surface area contributed by atoms with Gasteiger partial charge in [-0.3, -0.25) is 29.4 Å². The first-order chi connectivity index (χ1) is 17.9. The summed E-state index contributed by atoms with van der Waals surface area (Å²) in [7, 11) is 1.95. The molecule has 3 aromatic rings. The molecule has 37 heavy (non-hydrogen) atoms. The molecule has 0 atom stereocenters. The van der Waals surface area contributed by atoms with Crippen LogP contribution in [0.1, 0.15) is 40.0 Å². The van der Waals surface area contributed by atoms with Crippen molar-refractivity contribution >= 4 is 23.1 Å². The molecule has 9 nitrogen and oxygen atoms in total.